The number of aromatic nitrogens is 2. The number of pyridine rings is 1. The van der Waals surface area contributed by atoms with Crippen molar-refractivity contribution in [1.29, 1.82) is 0 Å². The van der Waals surface area contributed by atoms with Gasteiger partial charge in [0.1, 0.15) is 5.01 Å². The van der Waals surface area contributed by atoms with Crippen LogP contribution < -0.4 is 4.74 Å². The van der Waals surface area contributed by atoms with E-state index < -0.39 is 24.9 Å². The summed E-state index contributed by atoms with van der Waals surface area (Å²) in [4.78, 5) is 19.8. The average molecular weight is 332 g/mol. The summed E-state index contributed by atoms with van der Waals surface area (Å²) in [5, 5.41) is 2.29. The Morgan fingerprint density at radius 1 is 1.36 bits per heavy atom. The van der Waals surface area contributed by atoms with E-state index in [1.807, 2.05) is 0 Å². The average Bonchev–Trinajstić information content (AvgIpc) is 2.99. The largest absolute Gasteiger partial charge is 0.482 e. The van der Waals surface area contributed by atoms with E-state index in [2.05, 4.69) is 14.7 Å². The van der Waals surface area contributed by atoms with Gasteiger partial charge in [-0.1, -0.05) is 0 Å². The fourth-order valence-corrected chi connectivity index (χ4v) is 2.14. The summed E-state index contributed by atoms with van der Waals surface area (Å²) < 4.78 is 46.3. The lowest BCUT2D eigenvalue weighted by Crippen LogP contribution is -2.21. The molecule has 118 valence electrons. The molecule has 0 aliphatic heterocycles. The molecule has 0 N–H and O–H groups in total. The topological polar surface area (TPSA) is 61.3 Å². The van der Waals surface area contributed by atoms with Gasteiger partial charge in [0.25, 0.3) is 0 Å². The van der Waals surface area contributed by atoms with Gasteiger partial charge in [0.2, 0.25) is 0 Å². The number of rotatable bonds is 5. The molecule has 2 aromatic rings. The molecule has 1 unspecified atom stereocenters. The number of thiazole rings is 1. The molecule has 0 aliphatic carbocycles. The molecule has 1 atom stereocenters. The Balaban J connectivity index is 2.09. The number of carbonyl (C=O) groups excluding carboxylic acids is 1. The highest BCUT2D eigenvalue weighted by Gasteiger charge is 2.30. The van der Waals surface area contributed by atoms with Crippen LogP contribution in [0, 0.1) is 0 Å². The van der Waals surface area contributed by atoms with Crippen molar-refractivity contribution in [1.82, 2.24) is 9.97 Å². The van der Waals surface area contributed by atoms with Crippen molar-refractivity contribution in [3.05, 3.63) is 40.6 Å². The summed E-state index contributed by atoms with van der Waals surface area (Å²) in [6.07, 6.45) is -2.32. The molecule has 0 aromatic carbocycles. The molecule has 0 spiro atoms. The van der Waals surface area contributed by atoms with Gasteiger partial charge < -0.3 is 9.47 Å². The van der Waals surface area contributed by atoms with Crippen molar-refractivity contribution in [3.8, 4) is 5.75 Å². The summed E-state index contributed by atoms with van der Waals surface area (Å²) in [5.74, 6) is -1.16. The van der Waals surface area contributed by atoms with Crippen molar-refractivity contribution in [2.45, 2.75) is 19.2 Å². The van der Waals surface area contributed by atoms with Gasteiger partial charge in [0, 0.05) is 17.8 Å². The van der Waals surface area contributed by atoms with Crippen LogP contribution in [-0.2, 0) is 4.74 Å². The highest BCUT2D eigenvalue weighted by Crippen LogP contribution is 2.24. The first-order chi connectivity index (χ1) is 10.4. The van der Waals surface area contributed by atoms with Crippen molar-refractivity contribution in [2.24, 2.45) is 0 Å². The Kier molecular flexibility index (Phi) is 4.96. The third-order valence-corrected chi connectivity index (χ3v) is 3.38. The molecule has 0 saturated carbocycles. The third-order valence-electron chi connectivity index (χ3n) is 2.44. The third kappa shape index (κ3) is 4.42. The maximum Gasteiger partial charge on any atom is 0.422 e. The minimum atomic E-state index is -4.51. The minimum Gasteiger partial charge on any atom is -0.482 e. The van der Waals surface area contributed by atoms with Gasteiger partial charge in [-0.15, -0.1) is 11.3 Å². The van der Waals surface area contributed by atoms with Gasteiger partial charge in [-0.2, -0.15) is 13.2 Å². The highest BCUT2D eigenvalue weighted by molar-refractivity contribution is 7.09. The number of alkyl halides is 3. The minimum absolute atomic E-state index is 0.281. The van der Waals surface area contributed by atoms with Gasteiger partial charge in [-0.25, -0.2) is 14.8 Å². The Bertz CT molecular complexity index is 632. The molecule has 2 heterocycles. The molecular weight excluding hydrogens is 321 g/mol. The fraction of sp³-hybridized carbons (Fsp3) is 0.308. The Labute approximate surface area is 127 Å². The molecule has 0 aliphatic rings. The predicted octanol–water partition coefficient (Wildman–Crippen LogP) is 3.40. The zero-order valence-corrected chi connectivity index (χ0v) is 12.1. The summed E-state index contributed by atoms with van der Waals surface area (Å²) >= 11 is 1.30. The molecule has 0 radical (unpaired) electrons. The molecule has 9 heteroatoms. The quantitative estimate of drug-likeness (QED) is 0.785. The van der Waals surface area contributed by atoms with Crippen molar-refractivity contribution in [3.63, 3.8) is 0 Å². The van der Waals surface area contributed by atoms with Crippen LogP contribution >= 0.6 is 11.3 Å². The first-order valence-electron chi connectivity index (χ1n) is 6.12. The summed E-state index contributed by atoms with van der Waals surface area (Å²) in [7, 11) is 0. The van der Waals surface area contributed by atoms with E-state index in [1.165, 1.54) is 29.7 Å². The molecule has 2 rings (SSSR count). The van der Waals surface area contributed by atoms with Crippen LogP contribution in [-0.4, -0.2) is 28.7 Å². The van der Waals surface area contributed by atoms with Crippen LogP contribution in [0.2, 0.25) is 0 Å². The van der Waals surface area contributed by atoms with E-state index in [-0.39, 0.29) is 11.4 Å². The highest BCUT2D eigenvalue weighted by atomic mass is 32.1. The summed E-state index contributed by atoms with van der Waals surface area (Å²) in [6, 6.07) is 2.59. The fourth-order valence-electron chi connectivity index (χ4n) is 1.52. The van der Waals surface area contributed by atoms with E-state index in [4.69, 9.17) is 4.74 Å². The zero-order chi connectivity index (χ0) is 16.2. The lowest BCUT2D eigenvalue weighted by atomic mass is 10.3. The Morgan fingerprint density at radius 3 is 2.77 bits per heavy atom. The second-order valence-corrected chi connectivity index (χ2v) is 5.10. The molecule has 0 fully saturated rings. The normalized spacial score (nSPS) is 12.7. The van der Waals surface area contributed by atoms with E-state index in [1.54, 1.807) is 18.5 Å². The molecule has 0 bridgehead atoms. The molecule has 0 saturated heterocycles. The van der Waals surface area contributed by atoms with Gasteiger partial charge in [0.05, 0.1) is 0 Å². The summed E-state index contributed by atoms with van der Waals surface area (Å²) in [6.45, 7) is 0.0942. The number of hydrogen-bond acceptors (Lipinski definition) is 6. The molecule has 2 aromatic heterocycles. The smallest absolute Gasteiger partial charge is 0.422 e. The predicted molar refractivity (Wildman–Crippen MR) is 71.7 cm³/mol. The zero-order valence-electron chi connectivity index (χ0n) is 11.3. The van der Waals surface area contributed by atoms with Crippen LogP contribution in [0.25, 0.3) is 0 Å². The van der Waals surface area contributed by atoms with Gasteiger partial charge >= 0.3 is 12.1 Å². The van der Waals surface area contributed by atoms with Gasteiger partial charge in [-0.3, -0.25) is 0 Å². The van der Waals surface area contributed by atoms with Gasteiger partial charge in [0.15, 0.2) is 24.2 Å². The lowest BCUT2D eigenvalue weighted by molar-refractivity contribution is -0.153. The first-order valence-corrected chi connectivity index (χ1v) is 7.00. The lowest BCUT2D eigenvalue weighted by Gasteiger charge is -2.14. The Morgan fingerprint density at radius 2 is 2.14 bits per heavy atom. The SMILES string of the molecule is CC(OC(=O)c1ncccc1OCC(F)(F)F)c1nccs1. The second kappa shape index (κ2) is 6.73. The molecule has 22 heavy (non-hydrogen) atoms. The monoisotopic (exact) mass is 332 g/mol. The van der Waals surface area contributed by atoms with Crippen molar-refractivity contribution < 1.29 is 27.4 Å². The van der Waals surface area contributed by atoms with E-state index in [0.717, 1.165) is 0 Å². The number of hydrogen-bond donors (Lipinski definition) is 0. The van der Waals surface area contributed by atoms with Gasteiger partial charge in [-0.05, 0) is 19.1 Å². The standard InChI is InChI=1S/C13H11F3N2O3S/c1-8(11-18-5-6-22-11)21-12(19)10-9(3-2-4-17-10)20-7-13(14,15)16/h2-6,8H,7H2,1H3. The van der Waals surface area contributed by atoms with E-state index >= 15 is 0 Å². The molecule has 0 amide bonds. The van der Waals surface area contributed by atoms with Crippen LogP contribution in [0.15, 0.2) is 29.9 Å². The molecular formula is C13H11F3N2O3S. The number of carbonyl (C=O) groups is 1. The van der Waals surface area contributed by atoms with E-state index in [9.17, 15) is 18.0 Å². The number of nitrogens with zero attached hydrogens (tertiary/aromatic N) is 2. The maximum atomic E-state index is 12.2. The number of ether oxygens (including phenoxy) is 2. The van der Waals surface area contributed by atoms with Crippen LogP contribution in [0.3, 0.4) is 0 Å². The molecule has 5 nitrogen and oxygen atoms in total. The second-order valence-electron chi connectivity index (χ2n) is 4.17. The Hall–Kier alpha value is -2.16. The maximum absolute atomic E-state index is 12.2. The van der Waals surface area contributed by atoms with E-state index in [0.29, 0.717) is 5.01 Å². The first kappa shape index (κ1) is 16.2. The summed E-state index contributed by atoms with van der Waals surface area (Å²) in [5.41, 5.74) is -0.310. The van der Waals surface area contributed by atoms with Crippen LogP contribution in [0.5, 0.6) is 5.75 Å². The van der Waals surface area contributed by atoms with Crippen LogP contribution in [0.4, 0.5) is 13.2 Å². The number of esters is 1. The van der Waals surface area contributed by atoms with Crippen molar-refractivity contribution in [2.75, 3.05) is 6.61 Å². The number of halogens is 3. The van der Waals surface area contributed by atoms with Crippen molar-refractivity contribution >= 4 is 17.3 Å². The van der Waals surface area contributed by atoms with Crippen LogP contribution in [0.1, 0.15) is 28.5 Å².